The molecule has 0 amide bonds. The zero-order valence-electron chi connectivity index (χ0n) is 11.8. The fraction of sp³-hybridized carbons (Fsp3) is 0.625. The van der Waals surface area contributed by atoms with Crippen LogP contribution >= 0.6 is 23.2 Å². The Balaban J connectivity index is 2.21. The van der Waals surface area contributed by atoms with E-state index in [1.54, 1.807) is 0 Å². The molecule has 1 atom stereocenters. The van der Waals surface area contributed by atoms with Crippen LogP contribution < -0.4 is 5.73 Å². The smallest absolute Gasteiger partial charge is 0.0452 e. The number of hydrogen-bond donors (Lipinski definition) is 1. The van der Waals surface area contributed by atoms with Crippen LogP contribution in [0.4, 0.5) is 0 Å². The average molecular weight is 302 g/mol. The third-order valence-corrected chi connectivity index (χ3v) is 4.07. The van der Waals surface area contributed by atoms with Crippen molar-refractivity contribution in [1.29, 1.82) is 0 Å². The Kier molecular flexibility index (Phi) is 8.52. The van der Waals surface area contributed by atoms with E-state index in [1.807, 2.05) is 18.2 Å². The van der Waals surface area contributed by atoms with Crippen molar-refractivity contribution in [2.75, 3.05) is 6.54 Å². The maximum atomic E-state index is 6.20. The minimum atomic E-state index is 0.674. The molecule has 108 valence electrons. The Bertz CT molecular complexity index is 366. The number of rotatable bonds is 9. The molecule has 0 spiro atoms. The first kappa shape index (κ1) is 16.8. The molecule has 1 rings (SSSR count). The second-order valence-electron chi connectivity index (χ2n) is 5.39. The van der Waals surface area contributed by atoms with Crippen molar-refractivity contribution in [2.45, 2.75) is 51.9 Å². The molecule has 0 aromatic heterocycles. The normalized spacial score (nSPS) is 12.6. The fourth-order valence-corrected chi connectivity index (χ4v) is 2.82. The Morgan fingerprint density at radius 3 is 2.42 bits per heavy atom. The van der Waals surface area contributed by atoms with Gasteiger partial charge in [0, 0.05) is 10.0 Å². The van der Waals surface area contributed by atoms with E-state index in [4.69, 9.17) is 28.9 Å². The maximum Gasteiger partial charge on any atom is 0.0452 e. The summed E-state index contributed by atoms with van der Waals surface area (Å²) in [5.41, 5.74) is 6.69. The topological polar surface area (TPSA) is 26.0 Å². The van der Waals surface area contributed by atoms with Gasteiger partial charge in [-0.1, -0.05) is 68.3 Å². The second kappa shape index (κ2) is 9.63. The number of unbranched alkanes of at least 4 members (excludes halogenated alkanes) is 4. The second-order valence-corrected chi connectivity index (χ2v) is 6.23. The lowest BCUT2D eigenvalue weighted by molar-refractivity contribution is 0.482. The van der Waals surface area contributed by atoms with Crippen molar-refractivity contribution in [2.24, 2.45) is 11.7 Å². The van der Waals surface area contributed by atoms with Gasteiger partial charge in [0.05, 0.1) is 0 Å². The van der Waals surface area contributed by atoms with Gasteiger partial charge in [-0.05, 0) is 43.0 Å². The standard InChI is InChI=1S/C16H25Cl2N/c1-13(7-5-3-2-4-6-10-19)11-14-8-9-15(17)12-16(14)18/h8-9,12-13H,2-7,10-11,19H2,1H3. The molecule has 3 heteroatoms. The molecule has 0 radical (unpaired) electrons. The van der Waals surface area contributed by atoms with Gasteiger partial charge in [-0.25, -0.2) is 0 Å². The highest BCUT2D eigenvalue weighted by Crippen LogP contribution is 2.25. The number of hydrogen-bond acceptors (Lipinski definition) is 1. The Morgan fingerprint density at radius 1 is 1.05 bits per heavy atom. The van der Waals surface area contributed by atoms with Crippen molar-refractivity contribution in [3.05, 3.63) is 33.8 Å². The lowest BCUT2D eigenvalue weighted by Gasteiger charge is -2.12. The van der Waals surface area contributed by atoms with Gasteiger partial charge in [0.2, 0.25) is 0 Å². The Morgan fingerprint density at radius 2 is 1.74 bits per heavy atom. The first-order valence-corrected chi connectivity index (χ1v) is 8.03. The summed E-state index contributed by atoms with van der Waals surface area (Å²) in [6, 6.07) is 5.79. The Hall–Kier alpha value is -0.240. The third kappa shape index (κ3) is 7.20. The molecule has 19 heavy (non-hydrogen) atoms. The summed E-state index contributed by atoms with van der Waals surface area (Å²) in [5, 5.41) is 1.50. The predicted molar refractivity (Wildman–Crippen MR) is 86.1 cm³/mol. The molecule has 1 aromatic rings. The van der Waals surface area contributed by atoms with Gasteiger partial charge < -0.3 is 5.73 Å². The summed E-state index contributed by atoms with van der Waals surface area (Å²) in [6.45, 7) is 3.12. The summed E-state index contributed by atoms with van der Waals surface area (Å²) < 4.78 is 0. The third-order valence-electron chi connectivity index (χ3n) is 3.48. The molecular formula is C16H25Cl2N. The van der Waals surface area contributed by atoms with Crippen molar-refractivity contribution in [3.63, 3.8) is 0 Å². The number of benzene rings is 1. The van der Waals surface area contributed by atoms with Crippen LogP contribution in [0.25, 0.3) is 0 Å². The monoisotopic (exact) mass is 301 g/mol. The van der Waals surface area contributed by atoms with Crippen molar-refractivity contribution in [1.82, 2.24) is 0 Å². The van der Waals surface area contributed by atoms with Gasteiger partial charge in [0.25, 0.3) is 0 Å². The van der Waals surface area contributed by atoms with Gasteiger partial charge >= 0.3 is 0 Å². The van der Waals surface area contributed by atoms with Gasteiger partial charge in [-0.3, -0.25) is 0 Å². The van der Waals surface area contributed by atoms with E-state index in [1.165, 1.54) is 37.7 Å². The van der Waals surface area contributed by atoms with E-state index < -0.39 is 0 Å². The van der Waals surface area contributed by atoms with E-state index in [9.17, 15) is 0 Å². The van der Waals surface area contributed by atoms with E-state index >= 15 is 0 Å². The van der Waals surface area contributed by atoms with E-state index in [0.29, 0.717) is 10.9 Å². The van der Waals surface area contributed by atoms with Crippen LogP contribution in [0, 0.1) is 5.92 Å². The SMILES string of the molecule is CC(CCCCCCCN)Cc1ccc(Cl)cc1Cl. The molecule has 0 aliphatic rings. The van der Waals surface area contributed by atoms with E-state index in [0.717, 1.165) is 24.4 Å². The van der Waals surface area contributed by atoms with Gasteiger partial charge in [0.15, 0.2) is 0 Å². The highest BCUT2D eigenvalue weighted by molar-refractivity contribution is 6.35. The van der Waals surface area contributed by atoms with E-state index in [2.05, 4.69) is 6.92 Å². The molecule has 1 unspecified atom stereocenters. The fourth-order valence-electron chi connectivity index (χ4n) is 2.33. The first-order valence-electron chi connectivity index (χ1n) is 7.27. The number of nitrogens with two attached hydrogens (primary N) is 1. The van der Waals surface area contributed by atoms with Crippen LogP contribution in [0.1, 0.15) is 51.0 Å². The Labute approximate surface area is 127 Å². The lowest BCUT2D eigenvalue weighted by atomic mass is 9.95. The largest absolute Gasteiger partial charge is 0.330 e. The molecule has 1 nitrogen and oxygen atoms in total. The van der Waals surface area contributed by atoms with Crippen LogP contribution in [0.15, 0.2) is 18.2 Å². The summed E-state index contributed by atoms with van der Waals surface area (Å²) in [7, 11) is 0. The van der Waals surface area contributed by atoms with E-state index in [-0.39, 0.29) is 0 Å². The zero-order valence-corrected chi connectivity index (χ0v) is 13.3. The summed E-state index contributed by atoms with van der Waals surface area (Å²) >= 11 is 12.1. The van der Waals surface area contributed by atoms with Crippen molar-refractivity contribution >= 4 is 23.2 Å². The minimum absolute atomic E-state index is 0.674. The highest BCUT2D eigenvalue weighted by atomic mass is 35.5. The quantitative estimate of drug-likeness (QED) is 0.601. The minimum Gasteiger partial charge on any atom is -0.330 e. The summed E-state index contributed by atoms with van der Waals surface area (Å²) in [6.07, 6.45) is 8.67. The molecule has 1 aromatic carbocycles. The maximum absolute atomic E-state index is 6.20. The van der Waals surface area contributed by atoms with Crippen LogP contribution in [0.2, 0.25) is 10.0 Å². The zero-order chi connectivity index (χ0) is 14.1. The molecule has 0 bridgehead atoms. The molecule has 0 aliphatic heterocycles. The van der Waals surface area contributed by atoms with Gasteiger partial charge in [0.1, 0.15) is 0 Å². The van der Waals surface area contributed by atoms with Crippen LogP contribution in [0.3, 0.4) is 0 Å². The predicted octanol–water partition coefficient (Wildman–Crippen LogP) is 5.47. The molecule has 0 saturated heterocycles. The summed E-state index contributed by atoms with van der Waals surface area (Å²) in [5.74, 6) is 0.674. The van der Waals surface area contributed by atoms with Gasteiger partial charge in [-0.2, -0.15) is 0 Å². The van der Waals surface area contributed by atoms with Gasteiger partial charge in [-0.15, -0.1) is 0 Å². The molecule has 2 N–H and O–H groups in total. The highest BCUT2D eigenvalue weighted by Gasteiger charge is 2.07. The molecule has 0 heterocycles. The summed E-state index contributed by atoms with van der Waals surface area (Å²) in [4.78, 5) is 0. The van der Waals surface area contributed by atoms with Crippen molar-refractivity contribution in [3.8, 4) is 0 Å². The molecule has 0 aliphatic carbocycles. The van der Waals surface area contributed by atoms with Crippen molar-refractivity contribution < 1.29 is 0 Å². The average Bonchev–Trinajstić information content (AvgIpc) is 2.37. The molecule has 0 fully saturated rings. The molecule has 0 saturated carbocycles. The van der Waals surface area contributed by atoms with Crippen LogP contribution in [-0.2, 0) is 6.42 Å². The lowest BCUT2D eigenvalue weighted by Crippen LogP contribution is -2.01. The van der Waals surface area contributed by atoms with Crippen LogP contribution in [0.5, 0.6) is 0 Å². The van der Waals surface area contributed by atoms with Crippen LogP contribution in [-0.4, -0.2) is 6.54 Å². The molecular weight excluding hydrogens is 277 g/mol. The first-order chi connectivity index (χ1) is 9.13. The number of halogens is 2.